The van der Waals surface area contributed by atoms with Crippen LogP contribution in [0.4, 0.5) is 4.39 Å². The van der Waals surface area contributed by atoms with Crippen LogP contribution in [-0.4, -0.2) is 26.4 Å². The number of rotatable bonds is 8. The number of benzene rings is 1. The molecule has 0 aliphatic heterocycles. The highest BCUT2D eigenvalue weighted by Crippen LogP contribution is 2.36. The van der Waals surface area contributed by atoms with E-state index in [-0.39, 0.29) is 11.9 Å². The number of halogens is 1. The molecule has 4 heteroatoms. The van der Waals surface area contributed by atoms with Crippen molar-refractivity contribution in [1.29, 1.82) is 0 Å². The maximum atomic E-state index is 14.4. The Kier molecular flexibility index (Phi) is 6.43. The highest BCUT2D eigenvalue weighted by Gasteiger charge is 2.37. The molecule has 3 nitrogen and oxygen atoms in total. The van der Waals surface area contributed by atoms with Crippen molar-refractivity contribution < 1.29 is 13.9 Å². The summed E-state index contributed by atoms with van der Waals surface area (Å²) < 4.78 is 25.2. The molecule has 1 aromatic carbocycles. The largest absolute Gasteiger partial charge is 0.497 e. The third kappa shape index (κ3) is 3.30. The SMILES string of the molecule is CCNC(c1ccc(OC)cc1F)C(CC)(CC)OC. The zero-order valence-electron chi connectivity index (χ0n) is 13.1. The molecule has 1 rings (SSSR count). The van der Waals surface area contributed by atoms with Crippen LogP contribution in [-0.2, 0) is 4.74 Å². The normalized spacial score (nSPS) is 13.3. The first-order valence-electron chi connectivity index (χ1n) is 7.20. The number of methoxy groups -OCH3 is 2. The molecule has 114 valence electrons. The van der Waals surface area contributed by atoms with Crippen LogP contribution in [0.1, 0.15) is 45.2 Å². The quantitative estimate of drug-likeness (QED) is 0.789. The molecule has 0 saturated heterocycles. The molecule has 20 heavy (non-hydrogen) atoms. The van der Waals surface area contributed by atoms with Crippen molar-refractivity contribution >= 4 is 0 Å². The molecule has 0 heterocycles. The Morgan fingerprint density at radius 3 is 2.25 bits per heavy atom. The molecular weight excluding hydrogens is 257 g/mol. The second kappa shape index (κ2) is 7.60. The van der Waals surface area contributed by atoms with E-state index in [4.69, 9.17) is 9.47 Å². The summed E-state index contributed by atoms with van der Waals surface area (Å²) in [6.45, 7) is 6.90. The van der Waals surface area contributed by atoms with Crippen LogP contribution < -0.4 is 10.1 Å². The lowest BCUT2D eigenvalue weighted by Crippen LogP contribution is -2.45. The van der Waals surface area contributed by atoms with E-state index in [1.54, 1.807) is 19.2 Å². The highest BCUT2D eigenvalue weighted by atomic mass is 19.1. The average molecular weight is 283 g/mol. The second-order valence-corrected chi connectivity index (χ2v) is 4.85. The Hall–Kier alpha value is -1.13. The van der Waals surface area contributed by atoms with Crippen LogP contribution in [0.2, 0.25) is 0 Å². The predicted molar refractivity (Wildman–Crippen MR) is 79.7 cm³/mol. The zero-order chi connectivity index (χ0) is 15.2. The van der Waals surface area contributed by atoms with Gasteiger partial charge >= 0.3 is 0 Å². The van der Waals surface area contributed by atoms with E-state index in [2.05, 4.69) is 19.2 Å². The minimum Gasteiger partial charge on any atom is -0.497 e. The van der Waals surface area contributed by atoms with E-state index in [0.29, 0.717) is 11.3 Å². The monoisotopic (exact) mass is 283 g/mol. The fourth-order valence-electron chi connectivity index (χ4n) is 2.72. The molecule has 1 unspecified atom stereocenters. The van der Waals surface area contributed by atoms with Gasteiger partial charge in [-0.2, -0.15) is 0 Å². The third-order valence-corrected chi connectivity index (χ3v) is 4.06. The standard InChI is InChI=1S/C16H26FNO2/c1-6-16(7-2,20-5)15(18-8-3)13-10-9-12(19-4)11-14(13)17/h9-11,15,18H,6-8H2,1-5H3. The predicted octanol–water partition coefficient (Wildman–Crippen LogP) is 3.69. The van der Waals surface area contributed by atoms with Gasteiger partial charge in [0.2, 0.25) is 0 Å². The first kappa shape index (κ1) is 16.9. The smallest absolute Gasteiger partial charge is 0.131 e. The van der Waals surface area contributed by atoms with E-state index in [9.17, 15) is 4.39 Å². The molecule has 0 saturated carbocycles. The van der Waals surface area contributed by atoms with Crippen molar-refractivity contribution in [2.45, 2.75) is 45.3 Å². The minimum atomic E-state index is -0.411. The summed E-state index contributed by atoms with van der Waals surface area (Å²) in [6, 6.07) is 4.80. The molecule has 1 aromatic rings. The Morgan fingerprint density at radius 2 is 1.85 bits per heavy atom. The van der Waals surface area contributed by atoms with Gasteiger partial charge in [-0.05, 0) is 25.5 Å². The Bertz CT molecular complexity index is 411. The summed E-state index contributed by atoms with van der Waals surface area (Å²) in [5.41, 5.74) is 0.212. The molecule has 1 atom stereocenters. The minimum absolute atomic E-state index is 0.182. The summed E-state index contributed by atoms with van der Waals surface area (Å²) in [4.78, 5) is 0. The highest BCUT2D eigenvalue weighted by molar-refractivity contribution is 5.32. The maximum absolute atomic E-state index is 14.4. The van der Waals surface area contributed by atoms with E-state index >= 15 is 0 Å². The summed E-state index contributed by atoms with van der Waals surface area (Å²) in [6.07, 6.45) is 1.62. The first-order valence-corrected chi connectivity index (χ1v) is 7.20. The zero-order valence-corrected chi connectivity index (χ0v) is 13.1. The topological polar surface area (TPSA) is 30.5 Å². The number of likely N-dealkylation sites (N-methyl/N-ethyl adjacent to an activating group) is 1. The van der Waals surface area contributed by atoms with Crippen LogP contribution in [0, 0.1) is 5.82 Å². The fourth-order valence-corrected chi connectivity index (χ4v) is 2.72. The van der Waals surface area contributed by atoms with E-state index in [1.165, 1.54) is 13.2 Å². The van der Waals surface area contributed by atoms with Crippen LogP contribution in [0.5, 0.6) is 5.75 Å². The number of nitrogens with one attached hydrogen (secondary N) is 1. The lowest BCUT2D eigenvalue weighted by atomic mass is 9.83. The Labute approximate surface area is 121 Å². The first-order chi connectivity index (χ1) is 9.58. The average Bonchev–Trinajstić information content (AvgIpc) is 2.48. The number of hydrogen-bond donors (Lipinski definition) is 1. The van der Waals surface area contributed by atoms with Crippen molar-refractivity contribution in [1.82, 2.24) is 5.32 Å². The molecule has 0 aliphatic rings. The van der Waals surface area contributed by atoms with Gasteiger partial charge in [0, 0.05) is 18.7 Å². The van der Waals surface area contributed by atoms with Gasteiger partial charge in [0.05, 0.1) is 18.8 Å². The molecule has 0 aromatic heterocycles. The third-order valence-electron chi connectivity index (χ3n) is 4.06. The van der Waals surface area contributed by atoms with Crippen molar-refractivity contribution in [3.8, 4) is 5.75 Å². The van der Waals surface area contributed by atoms with E-state index in [0.717, 1.165) is 19.4 Å². The molecule has 0 amide bonds. The summed E-state index contributed by atoms with van der Waals surface area (Å²) in [5, 5.41) is 3.37. The van der Waals surface area contributed by atoms with Crippen molar-refractivity contribution in [2.24, 2.45) is 0 Å². The number of hydrogen-bond acceptors (Lipinski definition) is 3. The van der Waals surface area contributed by atoms with Crippen molar-refractivity contribution in [3.05, 3.63) is 29.6 Å². The molecule has 0 aliphatic carbocycles. The van der Waals surface area contributed by atoms with Gasteiger partial charge in [0.25, 0.3) is 0 Å². The van der Waals surface area contributed by atoms with E-state index < -0.39 is 5.60 Å². The summed E-state index contributed by atoms with van der Waals surface area (Å²) >= 11 is 0. The Morgan fingerprint density at radius 1 is 1.20 bits per heavy atom. The molecule has 0 spiro atoms. The second-order valence-electron chi connectivity index (χ2n) is 4.85. The van der Waals surface area contributed by atoms with Gasteiger partial charge in [-0.1, -0.05) is 26.8 Å². The molecule has 0 bridgehead atoms. The Balaban J connectivity index is 3.25. The van der Waals surface area contributed by atoms with Gasteiger partial charge in [0.1, 0.15) is 11.6 Å². The van der Waals surface area contributed by atoms with Gasteiger partial charge in [-0.3, -0.25) is 0 Å². The van der Waals surface area contributed by atoms with Crippen LogP contribution in [0.25, 0.3) is 0 Å². The molecule has 1 N–H and O–H groups in total. The van der Waals surface area contributed by atoms with Gasteiger partial charge < -0.3 is 14.8 Å². The molecular formula is C16H26FNO2. The van der Waals surface area contributed by atoms with Crippen molar-refractivity contribution in [2.75, 3.05) is 20.8 Å². The van der Waals surface area contributed by atoms with E-state index in [1.807, 2.05) is 6.92 Å². The number of ether oxygens (including phenoxy) is 2. The van der Waals surface area contributed by atoms with Crippen LogP contribution >= 0.6 is 0 Å². The summed E-state index contributed by atoms with van der Waals surface area (Å²) in [7, 11) is 3.23. The van der Waals surface area contributed by atoms with Gasteiger partial charge in [-0.15, -0.1) is 0 Å². The van der Waals surface area contributed by atoms with Gasteiger partial charge in [-0.25, -0.2) is 4.39 Å². The maximum Gasteiger partial charge on any atom is 0.131 e. The summed E-state index contributed by atoms with van der Waals surface area (Å²) in [5.74, 6) is 0.260. The molecule has 0 radical (unpaired) electrons. The van der Waals surface area contributed by atoms with Crippen molar-refractivity contribution in [3.63, 3.8) is 0 Å². The van der Waals surface area contributed by atoms with Crippen LogP contribution in [0.15, 0.2) is 18.2 Å². The lowest BCUT2D eigenvalue weighted by Gasteiger charge is -2.39. The lowest BCUT2D eigenvalue weighted by molar-refractivity contribution is -0.0490. The van der Waals surface area contributed by atoms with Gasteiger partial charge in [0.15, 0.2) is 0 Å². The molecule has 0 fully saturated rings. The fraction of sp³-hybridized carbons (Fsp3) is 0.625. The van der Waals surface area contributed by atoms with Crippen LogP contribution in [0.3, 0.4) is 0 Å².